The number of aryl methyl sites for hydroxylation is 1. The van der Waals surface area contributed by atoms with Crippen molar-refractivity contribution in [1.82, 2.24) is 19.8 Å². The number of thioether (sulfide) groups is 1. The van der Waals surface area contributed by atoms with Gasteiger partial charge in [-0.05, 0) is 41.3 Å². The third-order valence-corrected chi connectivity index (χ3v) is 6.11. The number of rotatable bonds is 5. The summed E-state index contributed by atoms with van der Waals surface area (Å²) >= 11 is 1.65. The van der Waals surface area contributed by atoms with E-state index in [-0.39, 0.29) is 0 Å². The van der Waals surface area contributed by atoms with E-state index in [2.05, 4.69) is 89.9 Å². The van der Waals surface area contributed by atoms with Crippen molar-refractivity contribution in [2.24, 2.45) is 0 Å². The van der Waals surface area contributed by atoms with Crippen molar-refractivity contribution in [1.29, 1.82) is 0 Å². The average Bonchev–Trinajstić information content (AvgIpc) is 3.21. The fourth-order valence-corrected chi connectivity index (χ4v) is 4.36. The van der Waals surface area contributed by atoms with Crippen molar-refractivity contribution in [3.63, 3.8) is 0 Å². The van der Waals surface area contributed by atoms with Gasteiger partial charge >= 0.3 is 0 Å². The fourth-order valence-electron chi connectivity index (χ4n) is 3.39. The van der Waals surface area contributed by atoms with Crippen molar-refractivity contribution < 1.29 is 0 Å². The van der Waals surface area contributed by atoms with E-state index < -0.39 is 0 Å². The summed E-state index contributed by atoms with van der Waals surface area (Å²) in [5.41, 5.74) is 7.71. The minimum absolute atomic E-state index is 0.756. The zero-order valence-electron chi connectivity index (χ0n) is 16.6. The highest BCUT2D eigenvalue weighted by molar-refractivity contribution is 7.98. The van der Waals surface area contributed by atoms with E-state index in [4.69, 9.17) is 5.10 Å². The van der Waals surface area contributed by atoms with Crippen LogP contribution in [0.15, 0.2) is 96.2 Å². The van der Waals surface area contributed by atoms with Crippen molar-refractivity contribution in [3.8, 4) is 22.4 Å². The molecule has 0 aliphatic heterocycles. The second-order valence-electron chi connectivity index (χ2n) is 7.13. The molecule has 0 radical (unpaired) electrons. The van der Waals surface area contributed by atoms with E-state index in [1.807, 2.05) is 22.7 Å². The molecule has 2 aromatic heterocycles. The first-order valence-electron chi connectivity index (χ1n) is 9.83. The number of hydrogen-bond acceptors (Lipinski definition) is 4. The summed E-state index contributed by atoms with van der Waals surface area (Å²) < 4.78 is 1.84. The lowest BCUT2D eigenvalue weighted by Crippen LogP contribution is -1.97. The molecule has 0 aliphatic rings. The van der Waals surface area contributed by atoms with Gasteiger partial charge in [-0.2, -0.15) is 9.61 Å². The first-order chi connectivity index (χ1) is 14.8. The van der Waals surface area contributed by atoms with E-state index in [0.717, 1.165) is 27.8 Å². The number of benzene rings is 3. The topological polar surface area (TPSA) is 43.1 Å². The summed E-state index contributed by atoms with van der Waals surface area (Å²) in [6.07, 6.45) is 0. The molecule has 0 bridgehead atoms. The van der Waals surface area contributed by atoms with Crippen LogP contribution in [0.2, 0.25) is 0 Å². The normalized spacial score (nSPS) is 11.1. The van der Waals surface area contributed by atoms with E-state index in [1.54, 1.807) is 11.8 Å². The monoisotopic (exact) mass is 408 g/mol. The zero-order valence-corrected chi connectivity index (χ0v) is 17.4. The van der Waals surface area contributed by atoms with Gasteiger partial charge in [0.25, 0.3) is 0 Å². The van der Waals surface area contributed by atoms with Crippen molar-refractivity contribution in [3.05, 3.63) is 102 Å². The van der Waals surface area contributed by atoms with Gasteiger partial charge in [0.1, 0.15) is 0 Å². The maximum Gasteiger partial charge on any atom is 0.212 e. The molecule has 0 atom stereocenters. The molecule has 0 aliphatic carbocycles. The molecule has 0 unspecified atom stereocenters. The highest BCUT2D eigenvalue weighted by Crippen LogP contribution is 2.26. The van der Waals surface area contributed by atoms with Gasteiger partial charge in [-0.1, -0.05) is 90.6 Å². The summed E-state index contributed by atoms with van der Waals surface area (Å²) in [6, 6.07) is 31.3. The molecule has 0 fully saturated rings. The van der Waals surface area contributed by atoms with Crippen LogP contribution >= 0.6 is 11.8 Å². The van der Waals surface area contributed by atoms with Crippen LogP contribution < -0.4 is 0 Å². The molecule has 5 heteroatoms. The van der Waals surface area contributed by atoms with Gasteiger partial charge < -0.3 is 0 Å². The predicted octanol–water partition coefficient (Wildman–Crippen LogP) is 6.06. The highest BCUT2D eigenvalue weighted by Gasteiger charge is 2.10. The zero-order chi connectivity index (χ0) is 20.3. The van der Waals surface area contributed by atoms with Gasteiger partial charge in [0, 0.05) is 11.3 Å². The molecule has 0 N–H and O–H groups in total. The molecule has 4 nitrogen and oxygen atoms in total. The molecule has 0 amide bonds. The second kappa shape index (κ2) is 8.13. The Labute approximate surface area is 179 Å². The van der Waals surface area contributed by atoms with Crippen molar-refractivity contribution in [2.45, 2.75) is 17.8 Å². The van der Waals surface area contributed by atoms with Gasteiger partial charge in [0.05, 0.1) is 5.69 Å². The van der Waals surface area contributed by atoms with Gasteiger partial charge in [-0.15, -0.1) is 10.2 Å². The quantitative estimate of drug-likeness (QED) is 0.332. The maximum atomic E-state index is 4.81. The first kappa shape index (κ1) is 18.6. The van der Waals surface area contributed by atoms with Crippen LogP contribution in [0.1, 0.15) is 11.1 Å². The van der Waals surface area contributed by atoms with E-state index in [1.165, 1.54) is 22.3 Å². The van der Waals surface area contributed by atoms with Crippen LogP contribution in [0.3, 0.4) is 0 Å². The maximum absolute atomic E-state index is 4.81. The molecule has 30 heavy (non-hydrogen) atoms. The molecule has 2 heterocycles. The van der Waals surface area contributed by atoms with Crippen molar-refractivity contribution >= 4 is 17.4 Å². The fraction of sp³-hybridized carbons (Fsp3) is 0.0800. The van der Waals surface area contributed by atoms with Crippen LogP contribution in [-0.4, -0.2) is 19.8 Å². The van der Waals surface area contributed by atoms with E-state index in [0.29, 0.717) is 0 Å². The Morgan fingerprint density at radius 1 is 0.700 bits per heavy atom. The number of aromatic nitrogens is 4. The van der Waals surface area contributed by atoms with Crippen LogP contribution in [0.4, 0.5) is 0 Å². The van der Waals surface area contributed by atoms with Crippen LogP contribution in [0, 0.1) is 6.92 Å². The highest BCUT2D eigenvalue weighted by atomic mass is 32.2. The second-order valence-corrected chi connectivity index (χ2v) is 8.07. The summed E-state index contributed by atoms with van der Waals surface area (Å²) in [7, 11) is 0. The van der Waals surface area contributed by atoms with Crippen LogP contribution in [0.25, 0.3) is 28.0 Å². The molecule has 0 saturated heterocycles. The largest absolute Gasteiger partial charge is 0.212 e. The van der Waals surface area contributed by atoms with Crippen LogP contribution in [-0.2, 0) is 5.75 Å². The summed E-state index contributed by atoms with van der Waals surface area (Å²) in [5, 5.41) is 14.2. The van der Waals surface area contributed by atoms with Gasteiger partial charge in [-0.25, -0.2) is 0 Å². The van der Waals surface area contributed by atoms with E-state index >= 15 is 0 Å². The number of fused-ring (bicyclic) bond motifs is 1. The predicted molar refractivity (Wildman–Crippen MR) is 122 cm³/mol. The minimum Gasteiger partial charge on any atom is -0.187 e. The average molecular weight is 409 g/mol. The molecule has 5 aromatic rings. The van der Waals surface area contributed by atoms with Gasteiger partial charge in [-0.3, -0.25) is 0 Å². The SMILES string of the molecule is Cc1ccccc1CSc1nnc2ccc(-c3ccc(-c4ccccc4)cc3)nn12. The van der Waals surface area contributed by atoms with Gasteiger partial charge in [0.2, 0.25) is 5.16 Å². The lowest BCUT2D eigenvalue weighted by atomic mass is 10.0. The molecular weight excluding hydrogens is 388 g/mol. The Bertz CT molecular complexity index is 1290. The molecule has 0 spiro atoms. The molecular formula is C25H20N4S. The summed E-state index contributed by atoms with van der Waals surface area (Å²) in [5.74, 6) is 0.838. The Balaban J connectivity index is 1.42. The summed E-state index contributed by atoms with van der Waals surface area (Å²) in [4.78, 5) is 0. The smallest absolute Gasteiger partial charge is 0.187 e. The Morgan fingerprint density at radius 2 is 1.40 bits per heavy atom. The molecule has 3 aromatic carbocycles. The first-order valence-corrected chi connectivity index (χ1v) is 10.8. The number of hydrogen-bond donors (Lipinski definition) is 0. The molecule has 146 valence electrons. The third kappa shape index (κ3) is 3.72. The van der Waals surface area contributed by atoms with E-state index in [9.17, 15) is 0 Å². The summed E-state index contributed by atoms with van der Waals surface area (Å²) in [6.45, 7) is 2.13. The Morgan fingerprint density at radius 3 is 2.20 bits per heavy atom. The lowest BCUT2D eigenvalue weighted by molar-refractivity contribution is 0.813. The van der Waals surface area contributed by atoms with Crippen molar-refractivity contribution in [2.75, 3.05) is 0 Å². The molecule has 0 saturated carbocycles. The Hall–Kier alpha value is -3.44. The Kier molecular flexibility index (Phi) is 5.03. The van der Waals surface area contributed by atoms with Gasteiger partial charge in [0.15, 0.2) is 5.65 Å². The molecule has 5 rings (SSSR count). The lowest BCUT2D eigenvalue weighted by Gasteiger charge is -2.06. The minimum atomic E-state index is 0.756. The standard InChI is InChI=1S/C25H20N4S/c1-18-7-5-6-10-22(18)17-30-25-27-26-24-16-15-23(28-29(24)25)21-13-11-20(12-14-21)19-8-3-2-4-9-19/h2-16H,17H2,1H3. The third-order valence-electron chi connectivity index (χ3n) is 5.14. The van der Waals surface area contributed by atoms with Crippen LogP contribution in [0.5, 0.6) is 0 Å². The number of nitrogens with zero attached hydrogens (tertiary/aromatic N) is 4.